The molecular formula is C24H25N3O3. The first-order valence-electron chi connectivity index (χ1n) is 9.77. The maximum absolute atomic E-state index is 12.2. The van der Waals surface area contributed by atoms with E-state index in [0.29, 0.717) is 5.69 Å². The molecule has 0 aliphatic heterocycles. The van der Waals surface area contributed by atoms with E-state index < -0.39 is 6.09 Å². The molecule has 3 aromatic rings. The fraction of sp³-hybridized carbons (Fsp3) is 0.167. The van der Waals surface area contributed by atoms with Gasteiger partial charge in [-0.15, -0.1) is 0 Å². The molecule has 0 unspecified atom stereocenters. The van der Waals surface area contributed by atoms with Crippen LogP contribution in [0.15, 0.2) is 78.9 Å². The monoisotopic (exact) mass is 403 g/mol. The highest BCUT2D eigenvalue weighted by Crippen LogP contribution is 2.24. The molecule has 30 heavy (non-hydrogen) atoms. The van der Waals surface area contributed by atoms with Gasteiger partial charge in [0.05, 0.1) is 0 Å². The molecule has 3 rings (SSSR count). The van der Waals surface area contributed by atoms with E-state index in [4.69, 9.17) is 4.74 Å². The Kier molecular flexibility index (Phi) is 7.44. The molecule has 0 bridgehead atoms. The number of nitrogens with one attached hydrogen (secondary N) is 3. The second kappa shape index (κ2) is 10.7. The normalized spacial score (nSPS) is 10.2. The first-order valence-corrected chi connectivity index (χ1v) is 9.77. The Balaban J connectivity index is 1.43. The zero-order chi connectivity index (χ0) is 21.2. The summed E-state index contributed by atoms with van der Waals surface area (Å²) in [6.07, 6.45) is -0.389. The van der Waals surface area contributed by atoms with Gasteiger partial charge in [0.15, 0.2) is 0 Å². The Morgan fingerprint density at radius 2 is 1.60 bits per heavy atom. The first kappa shape index (κ1) is 20.9. The van der Waals surface area contributed by atoms with E-state index in [0.717, 1.165) is 22.4 Å². The third kappa shape index (κ3) is 6.38. The zero-order valence-corrected chi connectivity index (χ0v) is 16.9. The number of hydrogen-bond acceptors (Lipinski definition) is 4. The van der Waals surface area contributed by atoms with Crippen molar-refractivity contribution in [2.45, 2.75) is 13.0 Å². The minimum atomic E-state index is -0.543. The van der Waals surface area contributed by atoms with Crippen LogP contribution in [0.5, 0.6) is 0 Å². The van der Waals surface area contributed by atoms with Crippen molar-refractivity contribution < 1.29 is 14.3 Å². The summed E-state index contributed by atoms with van der Waals surface area (Å²) in [5.74, 6) is -0.180. The van der Waals surface area contributed by atoms with Crippen LogP contribution < -0.4 is 16.0 Å². The topological polar surface area (TPSA) is 79.5 Å². The number of benzene rings is 3. The van der Waals surface area contributed by atoms with Crippen LogP contribution in [0.2, 0.25) is 0 Å². The molecule has 3 N–H and O–H groups in total. The van der Waals surface area contributed by atoms with E-state index in [1.54, 1.807) is 0 Å². The lowest BCUT2D eigenvalue weighted by atomic mass is 10.0. The quantitative estimate of drug-likeness (QED) is 0.511. The van der Waals surface area contributed by atoms with Gasteiger partial charge in [0.2, 0.25) is 5.91 Å². The summed E-state index contributed by atoms with van der Waals surface area (Å²) in [5.41, 5.74) is 4.73. The van der Waals surface area contributed by atoms with Crippen molar-refractivity contribution in [2.75, 3.05) is 24.2 Å². The van der Waals surface area contributed by atoms with Crippen LogP contribution in [0.25, 0.3) is 11.1 Å². The number of ether oxygens (including phenoxy) is 1. The lowest BCUT2D eigenvalue weighted by Gasteiger charge is -2.09. The highest BCUT2D eigenvalue weighted by molar-refractivity contribution is 5.91. The number of amides is 2. The smallest absolute Gasteiger partial charge is 0.407 e. The van der Waals surface area contributed by atoms with Gasteiger partial charge in [-0.2, -0.15) is 0 Å². The molecule has 0 heterocycles. The third-order valence-corrected chi connectivity index (χ3v) is 4.49. The zero-order valence-electron chi connectivity index (χ0n) is 16.9. The molecule has 6 nitrogen and oxygen atoms in total. The van der Waals surface area contributed by atoms with Gasteiger partial charge in [0, 0.05) is 31.4 Å². The summed E-state index contributed by atoms with van der Waals surface area (Å²) in [7, 11) is 1.88. The summed E-state index contributed by atoms with van der Waals surface area (Å²) >= 11 is 0. The van der Waals surface area contributed by atoms with Crippen LogP contribution in [-0.2, 0) is 16.1 Å². The maximum atomic E-state index is 12.2. The minimum absolute atomic E-state index is 0.154. The number of carbonyl (C=O) groups is 2. The molecule has 0 atom stereocenters. The second-order valence-electron chi connectivity index (χ2n) is 6.69. The molecule has 0 saturated carbocycles. The molecule has 0 fully saturated rings. The van der Waals surface area contributed by atoms with E-state index in [1.807, 2.05) is 85.9 Å². The minimum Gasteiger partial charge on any atom is -0.445 e. The van der Waals surface area contributed by atoms with Crippen molar-refractivity contribution in [1.82, 2.24) is 5.32 Å². The van der Waals surface area contributed by atoms with Crippen LogP contribution in [0.1, 0.15) is 12.0 Å². The molecule has 0 spiro atoms. The second-order valence-corrected chi connectivity index (χ2v) is 6.69. The van der Waals surface area contributed by atoms with Crippen molar-refractivity contribution in [1.29, 1.82) is 0 Å². The van der Waals surface area contributed by atoms with Gasteiger partial charge in [-0.05, 0) is 41.0 Å². The molecule has 0 saturated heterocycles. The molecule has 3 aromatic carbocycles. The molecule has 6 heteroatoms. The fourth-order valence-corrected chi connectivity index (χ4v) is 2.88. The summed E-state index contributed by atoms with van der Waals surface area (Å²) in [6.45, 7) is 0.394. The fourth-order valence-electron chi connectivity index (χ4n) is 2.88. The average molecular weight is 403 g/mol. The largest absolute Gasteiger partial charge is 0.445 e. The molecule has 0 radical (unpaired) electrons. The van der Waals surface area contributed by atoms with Gasteiger partial charge >= 0.3 is 6.09 Å². The van der Waals surface area contributed by atoms with Crippen LogP contribution in [-0.4, -0.2) is 25.6 Å². The first-order chi connectivity index (χ1) is 14.6. The van der Waals surface area contributed by atoms with E-state index >= 15 is 0 Å². The predicted octanol–water partition coefficient (Wildman–Crippen LogP) is 4.65. The van der Waals surface area contributed by atoms with Crippen LogP contribution in [0, 0.1) is 0 Å². The van der Waals surface area contributed by atoms with E-state index in [1.165, 1.54) is 0 Å². The Hall–Kier alpha value is -3.80. The van der Waals surface area contributed by atoms with Gasteiger partial charge in [-0.3, -0.25) is 4.79 Å². The molecule has 0 aliphatic carbocycles. The maximum Gasteiger partial charge on any atom is 0.407 e. The Morgan fingerprint density at radius 1 is 0.833 bits per heavy atom. The van der Waals surface area contributed by atoms with Crippen molar-refractivity contribution in [2.24, 2.45) is 0 Å². The van der Waals surface area contributed by atoms with Gasteiger partial charge in [-0.1, -0.05) is 54.6 Å². The van der Waals surface area contributed by atoms with E-state index in [9.17, 15) is 9.59 Å². The lowest BCUT2D eigenvalue weighted by molar-refractivity contribution is -0.116. The molecule has 154 valence electrons. The molecule has 0 aliphatic rings. The van der Waals surface area contributed by atoms with Crippen molar-refractivity contribution >= 4 is 23.4 Å². The number of carbonyl (C=O) groups excluding carboxylic acids is 2. The molecule has 2 amide bonds. The van der Waals surface area contributed by atoms with Gasteiger partial charge in [-0.25, -0.2) is 4.79 Å². The average Bonchev–Trinajstić information content (AvgIpc) is 2.78. The standard InChI is InChI=1S/C24H25N3O3/c1-25-21-12-10-19(11-13-21)20-8-5-9-22(16-20)27-23(28)14-15-26-24(29)30-17-18-6-3-2-4-7-18/h2-13,16,25H,14-15,17H2,1H3,(H,26,29)(H,27,28). The number of rotatable bonds is 8. The van der Waals surface area contributed by atoms with Crippen molar-refractivity contribution in [3.63, 3.8) is 0 Å². The molecule has 0 aromatic heterocycles. The Bertz CT molecular complexity index is 973. The van der Waals surface area contributed by atoms with E-state index in [-0.39, 0.29) is 25.5 Å². The van der Waals surface area contributed by atoms with Crippen molar-refractivity contribution in [3.05, 3.63) is 84.4 Å². The van der Waals surface area contributed by atoms with Crippen LogP contribution in [0.4, 0.5) is 16.2 Å². The predicted molar refractivity (Wildman–Crippen MR) is 119 cm³/mol. The van der Waals surface area contributed by atoms with Crippen LogP contribution >= 0.6 is 0 Å². The SMILES string of the molecule is CNc1ccc(-c2cccc(NC(=O)CCNC(=O)OCc3ccccc3)c2)cc1. The van der Waals surface area contributed by atoms with Gasteiger partial charge < -0.3 is 20.7 Å². The highest BCUT2D eigenvalue weighted by Gasteiger charge is 2.07. The highest BCUT2D eigenvalue weighted by atomic mass is 16.5. The Labute approximate surface area is 176 Å². The summed E-state index contributed by atoms with van der Waals surface area (Å²) in [5, 5.41) is 8.54. The summed E-state index contributed by atoms with van der Waals surface area (Å²) < 4.78 is 5.12. The summed E-state index contributed by atoms with van der Waals surface area (Å²) in [4.78, 5) is 23.9. The van der Waals surface area contributed by atoms with E-state index in [2.05, 4.69) is 16.0 Å². The number of alkyl carbamates (subject to hydrolysis) is 1. The molecular weight excluding hydrogens is 378 g/mol. The number of hydrogen-bond donors (Lipinski definition) is 3. The lowest BCUT2D eigenvalue weighted by Crippen LogP contribution is -2.28. The Morgan fingerprint density at radius 3 is 2.33 bits per heavy atom. The third-order valence-electron chi connectivity index (χ3n) is 4.49. The van der Waals surface area contributed by atoms with Gasteiger partial charge in [0.1, 0.15) is 6.61 Å². The summed E-state index contributed by atoms with van der Waals surface area (Å²) in [6, 6.07) is 25.1. The van der Waals surface area contributed by atoms with Gasteiger partial charge in [0.25, 0.3) is 0 Å². The van der Waals surface area contributed by atoms with Crippen LogP contribution in [0.3, 0.4) is 0 Å². The van der Waals surface area contributed by atoms with Crippen molar-refractivity contribution in [3.8, 4) is 11.1 Å². The number of anilines is 2.